The van der Waals surface area contributed by atoms with Crippen LogP contribution < -0.4 is 0 Å². The molecule has 0 aliphatic heterocycles. The molecule has 0 unspecified atom stereocenters. The smallest absolute Gasteiger partial charge is 2.00 e. The zero-order chi connectivity index (χ0) is 0. The summed E-state index contributed by atoms with van der Waals surface area (Å²) in [5.74, 6) is 0. The minimum atomic E-state index is 0. The molecule has 0 aliphatic rings. The largest absolute Gasteiger partial charge is 5.00 e. The molecule has 0 heterocycles. The summed E-state index contributed by atoms with van der Waals surface area (Å²) >= 11 is 0. The van der Waals surface area contributed by atoms with Gasteiger partial charge in [-0.15, -0.1) is 0 Å². The number of rotatable bonds is 0. The van der Waals surface area contributed by atoms with Gasteiger partial charge in [-0.2, -0.15) is 0 Å². The van der Waals surface area contributed by atoms with Crippen LogP contribution in [0.25, 0.3) is 0 Å². The third-order valence-electron chi connectivity index (χ3n) is 0. The quantitative estimate of drug-likeness (QED) is 0.495. The number of hydrogen-bond donors (Lipinski definition) is 0. The van der Waals surface area contributed by atoms with Crippen molar-refractivity contribution in [2.75, 3.05) is 0 Å². The molecule has 0 aromatic heterocycles. The molecule has 48 valence electrons. The van der Waals surface area contributed by atoms with E-state index in [0.717, 1.165) is 0 Å². The van der Waals surface area contributed by atoms with Crippen molar-refractivity contribution in [2.24, 2.45) is 0 Å². The maximum atomic E-state index is 0. The Labute approximate surface area is 99.8 Å². The molecule has 0 N–H and O–H groups in total. The third kappa shape index (κ3) is 159. The Balaban J connectivity index is 0. The standard InChI is InChI=1S/Mg.2Nb.6O/q+2;2*+5;6*-2. The van der Waals surface area contributed by atoms with Crippen molar-refractivity contribution < 1.29 is 77.6 Å². The van der Waals surface area contributed by atoms with Crippen molar-refractivity contribution >= 4 is 23.1 Å². The Morgan fingerprint density at radius 2 is 0.333 bits per heavy atom. The molecule has 6 nitrogen and oxygen atoms in total. The van der Waals surface area contributed by atoms with E-state index < -0.39 is 0 Å². The molecule has 0 spiro atoms. The molecule has 0 rings (SSSR count). The first-order chi connectivity index (χ1) is 0. The molecule has 0 saturated heterocycles. The van der Waals surface area contributed by atoms with Gasteiger partial charge in [0.15, 0.2) is 0 Å². The molecule has 0 fully saturated rings. The van der Waals surface area contributed by atoms with Crippen LogP contribution in [0.15, 0.2) is 0 Å². The Kier molecular flexibility index (Phi) is 6130. The molecule has 0 amide bonds. The van der Waals surface area contributed by atoms with Crippen LogP contribution in [0.1, 0.15) is 0 Å². The summed E-state index contributed by atoms with van der Waals surface area (Å²) in [4.78, 5) is 0. The van der Waals surface area contributed by atoms with E-state index in [2.05, 4.69) is 0 Å². The first-order valence-electron chi connectivity index (χ1n) is 0. The SMILES string of the molecule is [Mg+2].[Nb+5].[Nb+5].[O-2].[O-2].[O-2].[O-2].[O-2].[O-2]. The molecule has 0 aromatic carbocycles. The van der Waals surface area contributed by atoms with Crippen molar-refractivity contribution in [3.05, 3.63) is 0 Å². The summed E-state index contributed by atoms with van der Waals surface area (Å²) in [5, 5.41) is 0. The van der Waals surface area contributed by atoms with Crippen LogP contribution in [-0.2, 0) is 77.6 Å². The van der Waals surface area contributed by atoms with Gasteiger partial charge in [0, 0.05) is 0 Å². The molecule has 0 atom stereocenters. The van der Waals surface area contributed by atoms with Gasteiger partial charge in [-0.3, -0.25) is 0 Å². The van der Waals surface area contributed by atoms with Gasteiger partial charge in [-0.1, -0.05) is 0 Å². The predicted molar refractivity (Wildman–Crippen MR) is 9.87 cm³/mol. The van der Waals surface area contributed by atoms with E-state index in [-0.39, 0.29) is 101 Å². The first kappa shape index (κ1) is 274. The fourth-order valence-electron chi connectivity index (χ4n) is 0. The average Bonchev–Trinajstić information content (AvgIpc) is 0. The summed E-state index contributed by atoms with van der Waals surface area (Å²) in [6.07, 6.45) is 0. The van der Waals surface area contributed by atoms with E-state index in [1.54, 1.807) is 0 Å². The predicted octanol–water partition coefficient (Wildman–Crippen LogP) is -1.10. The van der Waals surface area contributed by atoms with Crippen molar-refractivity contribution in [1.29, 1.82) is 0 Å². The van der Waals surface area contributed by atoms with Gasteiger partial charge in [0.1, 0.15) is 0 Å². The molecule has 0 saturated carbocycles. The molecular weight excluding hydrogens is 306 g/mol. The topological polar surface area (TPSA) is 171 Å². The van der Waals surface area contributed by atoms with Crippen LogP contribution in [0.4, 0.5) is 0 Å². The Hall–Kier alpha value is 2.01. The second-order valence-corrected chi connectivity index (χ2v) is 0. The van der Waals surface area contributed by atoms with Crippen molar-refractivity contribution in [1.82, 2.24) is 0 Å². The Bertz CT molecular complexity index is 11.0. The van der Waals surface area contributed by atoms with Gasteiger partial charge >= 0.3 is 67.8 Å². The minimum Gasteiger partial charge on any atom is -2.00 e. The summed E-state index contributed by atoms with van der Waals surface area (Å²) in [6.45, 7) is 0. The Morgan fingerprint density at radius 1 is 0.333 bits per heavy atom. The van der Waals surface area contributed by atoms with Gasteiger partial charge in [-0.05, 0) is 0 Å². The van der Waals surface area contributed by atoms with Gasteiger partial charge in [0.05, 0.1) is 0 Å². The van der Waals surface area contributed by atoms with E-state index in [1.807, 2.05) is 0 Å². The summed E-state index contributed by atoms with van der Waals surface area (Å²) in [6, 6.07) is 0. The summed E-state index contributed by atoms with van der Waals surface area (Å²) in [7, 11) is 0. The van der Waals surface area contributed by atoms with Gasteiger partial charge in [-0.25, -0.2) is 0 Å². The van der Waals surface area contributed by atoms with E-state index in [4.69, 9.17) is 0 Å². The molecule has 0 aliphatic carbocycles. The van der Waals surface area contributed by atoms with Crippen molar-refractivity contribution in [2.45, 2.75) is 0 Å². The molecular formula is MgNb2O6. The van der Waals surface area contributed by atoms with Crippen LogP contribution in [0.2, 0.25) is 0 Å². The average molecular weight is 306 g/mol. The Morgan fingerprint density at radius 3 is 0.333 bits per heavy atom. The maximum absolute atomic E-state index is 0. The minimum absolute atomic E-state index is 0. The normalized spacial score (nSPS) is 0. The van der Waals surface area contributed by atoms with E-state index in [0.29, 0.717) is 0 Å². The molecule has 9 heteroatoms. The summed E-state index contributed by atoms with van der Waals surface area (Å²) < 4.78 is 0. The van der Waals surface area contributed by atoms with Crippen LogP contribution in [-0.4, -0.2) is 23.1 Å². The zero-order valence-corrected chi connectivity index (χ0v) is 9.86. The fourth-order valence-corrected chi connectivity index (χ4v) is 0. The second-order valence-electron chi connectivity index (χ2n) is 0. The second kappa shape index (κ2) is 202. The van der Waals surface area contributed by atoms with Crippen LogP contribution >= 0.6 is 0 Å². The molecule has 0 bridgehead atoms. The molecule has 9 heavy (non-hydrogen) atoms. The van der Waals surface area contributed by atoms with E-state index in [9.17, 15) is 0 Å². The third-order valence-corrected chi connectivity index (χ3v) is 0. The van der Waals surface area contributed by atoms with E-state index >= 15 is 0 Å². The molecule has 0 aromatic rings. The van der Waals surface area contributed by atoms with Crippen LogP contribution in [0.5, 0.6) is 0 Å². The van der Waals surface area contributed by atoms with Gasteiger partial charge in [0.2, 0.25) is 0 Å². The van der Waals surface area contributed by atoms with Crippen molar-refractivity contribution in [3.8, 4) is 0 Å². The van der Waals surface area contributed by atoms with Crippen LogP contribution in [0, 0.1) is 0 Å². The summed E-state index contributed by atoms with van der Waals surface area (Å²) in [5.41, 5.74) is 0. The fraction of sp³-hybridized carbons (Fsp3) is 0. The number of hydrogen-bond acceptors (Lipinski definition) is 0. The van der Waals surface area contributed by atoms with Gasteiger partial charge < -0.3 is 32.9 Å². The monoisotopic (exact) mass is 306 g/mol. The van der Waals surface area contributed by atoms with Gasteiger partial charge in [0.25, 0.3) is 0 Å². The van der Waals surface area contributed by atoms with Crippen molar-refractivity contribution in [3.63, 3.8) is 0 Å². The maximum Gasteiger partial charge on any atom is 5.00 e. The van der Waals surface area contributed by atoms with E-state index in [1.165, 1.54) is 0 Å². The zero-order valence-electron chi connectivity index (χ0n) is 4.05. The first-order valence-corrected chi connectivity index (χ1v) is 0. The van der Waals surface area contributed by atoms with Crippen LogP contribution in [0.3, 0.4) is 0 Å². The molecule has 0 radical (unpaired) electrons.